The van der Waals surface area contributed by atoms with Crippen LogP contribution in [0.25, 0.3) is 0 Å². The van der Waals surface area contributed by atoms with Gasteiger partial charge in [0.25, 0.3) is 0 Å². The van der Waals surface area contributed by atoms with E-state index in [2.05, 4.69) is 25.4 Å². The Morgan fingerprint density at radius 2 is 2.39 bits per heavy atom. The Morgan fingerprint density at radius 3 is 3.11 bits per heavy atom. The molecule has 3 rings (SSSR count). The van der Waals surface area contributed by atoms with Gasteiger partial charge in [0.1, 0.15) is 5.82 Å². The van der Waals surface area contributed by atoms with Crippen LogP contribution < -0.4 is 10.6 Å². The third kappa shape index (κ3) is 2.12. The molecule has 6 heteroatoms. The van der Waals surface area contributed by atoms with Gasteiger partial charge in [-0.25, -0.2) is 0 Å². The van der Waals surface area contributed by atoms with Crippen LogP contribution in [-0.4, -0.2) is 33.8 Å². The van der Waals surface area contributed by atoms with E-state index in [0.29, 0.717) is 12.3 Å². The molecule has 1 unspecified atom stereocenters. The number of fused-ring (bicyclic) bond motifs is 1. The molecule has 0 spiro atoms. The Hall–Kier alpha value is -1.43. The number of nitrogens with one attached hydrogen (secondary N) is 2. The quantitative estimate of drug-likeness (QED) is 0.788. The molecule has 0 bridgehead atoms. The highest BCUT2D eigenvalue weighted by Gasteiger charge is 2.24. The molecular formula is C12H19N5O. The lowest BCUT2D eigenvalue weighted by Gasteiger charge is -2.26. The van der Waals surface area contributed by atoms with Gasteiger partial charge in [-0.2, -0.15) is 0 Å². The van der Waals surface area contributed by atoms with Crippen LogP contribution in [0.4, 0.5) is 0 Å². The lowest BCUT2D eigenvalue weighted by molar-refractivity contribution is -0.123. The largest absolute Gasteiger partial charge is 0.346 e. The zero-order valence-electron chi connectivity index (χ0n) is 10.6. The molecular weight excluding hydrogens is 230 g/mol. The van der Waals surface area contributed by atoms with Crippen molar-refractivity contribution in [1.82, 2.24) is 25.4 Å². The number of hydrogen-bond donors (Lipinski definition) is 2. The van der Waals surface area contributed by atoms with Crippen LogP contribution in [0.5, 0.6) is 0 Å². The first kappa shape index (κ1) is 11.6. The zero-order valence-corrected chi connectivity index (χ0v) is 10.6. The van der Waals surface area contributed by atoms with Crippen molar-refractivity contribution < 1.29 is 4.79 Å². The second-order valence-electron chi connectivity index (χ2n) is 5.25. The molecule has 1 saturated heterocycles. The highest BCUT2D eigenvalue weighted by Crippen LogP contribution is 2.19. The van der Waals surface area contributed by atoms with Crippen molar-refractivity contribution in [3.63, 3.8) is 0 Å². The van der Waals surface area contributed by atoms with Crippen LogP contribution in [0.15, 0.2) is 0 Å². The Balaban J connectivity index is 1.59. The topological polar surface area (TPSA) is 71.8 Å². The van der Waals surface area contributed by atoms with Gasteiger partial charge in [-0.1, -0.05) is 0 Å². The predicted octanol–water partition coefficient (Wildman–Crippen LogP) is 0.0110. The summed E-state index contributed by atoms with van der Waals surface area (Å²) in [5, 5.41) is 14.6. The molecule has 0 saturated carbocycles. The van der Waals surface area contributed by atoms with Gasteiger partial charge in [-0.05, 0) is 32.4 Å². The fourth-order valence-corrected chi connectivity index (χ4v) is 2.61. The van der Waals surface area contributed by atoms with Crippen LogP contribution in [0.2, 0.25) is 0 Å². The molecule has 0 radical (unpaired) electrons. The Kier molecular flexibility index (Phi) is 3.03. The number of carbonyl (C=O) groups is 1. The van der Waals surface area contributed by atoms with E-state index >= 15 is 0 Å². The fraction of sp³-hybridized carbons (Fsp3) is 0.750. The van der Waals surface area contributed by atoms with Gasteiger partial charge < -0.3 is 15.2 Å². The molecule has 1 aromatic rings. The molecule has 1 aromatic heterocycles. The maximum absolute atomic E-state index is 11.9. The summed E-state index contributed by atoms with van der Waals surface area (Å²) in [5.74, 6) is 2.56. The lowest BCUT2D eigenvalue weighted by atomic mass is 9.99. The zero-order chi connectivity index (χ0) is 12.5. The molecule has 1 atom stereocenters. The molecule has 3 heterocycles. The van der Waals surface area contributed by atoms with Crippen LogP contribution in [0.3, 0.4) is 0 Å². The van der Waals surface area contributed by atoms with Crippen molar-refractivity contribution in [2.45, 2.75) is 38.8 Å². The van der Waals surface area contributed by atoms with Crippen LogP contribution in [0.1, 0.15) is 37.5 Å². The van der Waals surface area contributed by atoms with Gasteiger partial charge in [0.05, 0.1) is 6.04 Å². The van der Waals surface area contributed by atoms with E-state index in [1.165, 1.54) is 0 Å². The SMILES string of the molecule is CC(NC(=O)CC1CNC1)c1nnc2n1CCC2. The number of rotatable bonds is 4. The molecule has 18 heavy (non-hydrogen) atoms. The van der Waals surface area contributed by atoms with Crippen molar-refractivity contribution in [3.8, 4) is 0 Å². The average Bonchev–Trinajstić information content (AvgIpc) is 2.84. The van der Waals surface area contributed by atoms with Gasteiger partial charge in [0.2, 0.25) is 5.91 Å². The minimum absolute atomic E-state index is 0.0510. The van der Waals surface area contributed by atoms with Crippen LogP contribution >= 0.6 is 0 Å². The monoisotopic (exact) mass is 249 g/mol. The molecule has 1 amide bonds. The Labute approximate surface area is 106 Å². The minimum atomic E-state index is -0.0510. The molecule has 2 aliphatic rings. The third-order valence-corrected chi connectivity index (χ3v) is 3.74. The smallest absolute Gasteiger partial charge is 0.220 e. The van der Waals surface area contributed by atoms with Crippen molar-refractivity contribution >= 4 is 5.91 Å². The second kappa shape index (κ2) is 4.68. The van der Waals surface area contributed by atoms with Gasteiger partial charge in [0, 0.05) is 19.4 Å². The van der Waals surface area contributed by atoms with Crippen LogP contribution in [0, 0.1) is 5.92 Å². The van der Waals surface area contributed by atoms with E-state index in [4.69, 9.17) is 0 Å². The van der Waals surface area contributed by atoms with Crippen molar-refractivity contribution in [2.75, 3.05) is 13.1 Å². The van der Waals surface area contributed by atoms with E-state index < -0.39 is 0 Å². The standard InChI is InChI=1S/C12H19N5O/c1-8(14-11(18)5-9-6-13-7-9)12-16-15-10-3-2-4-17(10)12/h8-9,13H,2-7H2,1H3,(H,14,18). The summed E-state index contributed by atoms with van der Waals surface area (Å²) in [6.45, 7) is 4.88. The van der Waals surface area contributed by atoms with Gasteiger partial charge in [-0.3, -0.25) is 4.79 Å². The van der Waals surface area contributed by atoms with E-state index in [-0.39, 0.29) is 11.9 Å². The molecule has 0 aliphatic carbocycles. The van der Waals surface area contributed by atoms with Gasteiger partial charge in [-0.15, -0.1) is 10.2 Å². The molecule has 2 N–H and O–H groups in total. The third-order valence-electron chi connectivity index (χ3n) is 3.74. The fourth-order valence-electron chi connectivity index (χ4n) is 2.61. The molecule has 0 aromatic carbocycles. The maximum Gasteiger partial charge on any atom is 0.220 e. The summed E-state index contributed by atoms with van der Waals surface area (Å²) in [6.07, 6.45) is 2.74. The summed E-state index contributed by atoms with van der Waals surface area (Å²) in [6, 6.07) is -0.0510. The van der Waals surface area contributed by atoms with Gasteiger partial charge in [0.15, 0.2) is 5.82 Å². The summed E-state index contributed by atoms with van der Waals surface area (Å²) >= 11 is 0. The lowest BCUT2D eigenvalue weighted by Crippen LogP contribution is -2.44. The number of carbonyl (C=O) groups excluding carboxylic acids is 1. The van der Waals surface area contributed by atoms with Gasteiger partial charge >= 0.3 is 0 Å². The minimum Gasteiger partial charge on any atom is -0.346 e. The van der Waals surface area contributed by atoms with E-state index in [0.717, 1.165) is 44.1 Å². The van der Waals surface area contributed by atoms with Crippen molar-refractivity contribution in [2.24, 2.45) is 5.92 Å². The average molecular weight is 249 g/mol. The summed E-state index contributed by atoms with van der Waals surface area (Å²) < 4.78 is 2.13. The van der Waals surface area contributed by atoms with E-state index in [1.54, 1.807) is 0 Å². The highest BCUT2D eigenvalue weighted by molar-refractivity contribution is 5.76. The predicted molar refractivity (Wildman–Crippen MR) is 65.9 cm³/mol. The molecule has 2 aliphatic heterocycles. The molecule has 6 nitrogen and oxygen atoms in total. The normalized spacial score (nSPS) is 20.3. The van der Waals surface area contributed by atoms with Crippen molar-refractivity contribution in [1.29, 1.82) is 0 Å². The van der Waals surface area contributed by atoms with Crippen molar-refractivity contribution in [3.05, 3.63) is 11.6 Å². The molecule has 98 valence electrons. The maximum atomic E-state index is 11.9. The number of aromatic nitrogens is 3. The number of amides is 1. The summed E-state index contributed by atoms with van der Waals surface area (Å²) in [7, 11) is 0. The van der Waals surface area contributed by atoms with E-state index in [9.17, 15) is 4.79 Å². The number of hydrogen-bond acceptors (Lipinski definition) is 4. The molecule has 1 fully saturated rings. The first-order chi connectivity index (χ1) is 8.74. The summed E-state index contributed by atoms with van der Waals surface area (Å²) in [4.78, 5) is 11.9. The number of nitrogens with zero attached hydrogens (tertiary/aromatic N) is 3. The van der Waals surface area contributed by atoms with Crippen LogP contribution in [-0.2, 0) is 17.8 Å². The first-order valence-electron chi connectivity index (χ1n) is 6.66. The number of aryl methyl sites for hydroxylation is 1. The highest BCUT2D eigenvalue weighted by atomic mass is 16.1. The Bertz CT molecular complexity index is 451. The Morgan fingerprint density at radius 1 is 1.56 bits per heavy atom. The van der Waals surface area contributed by atoms with E-state index in [1.807, 2.05) is 6.92 Å². The second-order valence-corrected chi connectivity index (χ2v) is 5.25. The first-order valence-corrected chi connectivity index (χ1v) is 6.66. The summed E-state index contributed by atoms with van der Waals surface area (Å²) in [5.41, 5.74) is 0.